The van der Waals surface area contributed by atoms with Crippen molar-refractivity contribution in [3.8, 4) is 0 Å². The van der Waals surface area contributed by atoms with Gasteiger partial charge in [-0.3, -0.25) is 4.79 Å². The van der Waals surface area contributed by atoms with Crippen LogP contribution in [-0.2, 0) is 9.53 Å². The maximum absolute atomic E-state index is 12.4. The Labute approximate surface area is 153 Å². The second kappa shape index (κ2) is 10.1. The quantitative estimate of drug-likeness (QED) is 0.645. The highest BCUT2D eigenvalue weighted by Crippen LogP contribution is 2.36. The largest absolute Gasteiger partial charge is 0.444 e. The molecule has 3 N–H and O–H groups in total. The number of nitrogens with two attached hydrogens (primary N) is 1. The monoisotopic (exact) mass is 354 g/mol. The van der Waals surface area contributed by atoms with Crippen LogP contribution in [0.2, 0.25) is 0 Å². The molecule has 4 atom stereocenters. The number of ether oxygens (including phenoxy) is 1. The first-order valence-electron chi connectivity index (χ1n) is 9.85. The van der Waals surface area contributed by atoms with E-state index < -0.39 is 11.7 Å². The standard InChI is InChI=1S/C20H38N2O3/c1-14-9-8-10-16(15(14)2)13-18(23)17(21)11-6-7-12-22-19(24)25-20(3,4)5/h14-17H,6-13,21H2,1-5H3,(H,22,24). The maximum atomic E-state index is 12.4. The summed E-state index contributed by atoms with van der Waals surface area (Å²) in [4.78, 5) is 23.9. The molecule has 1 amide bonds. The number of carbonyl (C=O) groups is 2. The number of unbranched alkanes of at least 4 members (excludes halogenated alkanes) is 1. The first-order valence-corrected chi connectivity index (χ1v) is 9.85. The van der Waals surface area contributed by atoms with Gasteiger partial charge < -0.3 is 15.8 Å². The van der Waals surface area contributed by atoms with Crippen LogP contribution < -0.4 is 11.1 Å². The van der Waals surface area contributed by atoms with Crippen LogP contribution in [0.1, 0.15) is 79.6 Å². The van der Waals surface area contributed by atoms with E-state index in [1.165, 1.54) is 12.8 Å². The Bertz CT molecular complexity index is 431. The molecule has 25 heavy (non-hydrogen) atoms. The molecule has 0 aromatic carbocycles. The van der Waals surface area contributed by atoms with Gasteiger partial charge in [-0.25, -0.2) is 4.79 Å². The van der Waals surface area contributed by atoms with E-state index in [9.17, 15) is 9.59 Å². The van der Waals surface area contributed by atoms with E-state index in [1.807, 2.05) is 20.8 Å². The lowest BCUT2D eigenvalue weighted by molar-refractivity contribution is -0.122. The molecule has 0 radical (unpaired) electrons. The van der Waals surface area contributed by atoms with Crippen LogP contribution in [0.15, 0.2) is 0 Å². The van der Waals surface area contributed by atoms with Crippen molar-refractivity contribution >= 4 is 11.9 Å². The number of rotatable bonds is 8. The minimum atomic E-state index is -0.480. The summed E-state index contributed by atoms with van der Waals surface area (Å²) >= 11 is 0. The van der Waals surface area contributed by atoms with Gasteiger partial charge in [0.05, 0.1) is 6.04 Å². The zero-order chi connectivity index (χ0) is 19.0. The average Bonchev–Trinajstić information content (AvgIpc) is 2.49. The zero-order valence-electron chi connectivity index (χ0n) is 16.8. The topological polar surface area (TPSA) is 81.4 Å². The van der Waals surface area contributed by atoms with Gasteiger partial charge in [-0.15, -0.1) is 0 Å². The van der Waals surface area contributed by atoms with Gasteiger partial charge in [-0.05, 0) is 64.2 Å². The molecule has 1 aliphatic carbocycles. The lowest BCUT2D eigenvalue weighted by atomic mass is 9.71. The van der Waals surface area contributed by atoms with Gasteiger partial charge in [-0.1, -0.05) is 26.7 Å². The molecule has 1 rings (SSSR count). The van der Waals surface area contributed by atoms with Crippen molar-refractivity contribution in [2.75, 3.05) is 6.54 Å². The summed E-state index contributed by atoms with van der Waals surface area (Å²) in [5.41, 5.74) is 5.60. The molecule has 0 aliphatic heterocycles. The third kappa shape index (κ3) is 8.70. The Morgan fingerprint density at radius 3 is 2.52 bits per heavy atom. The summed E-state index contributed by atoms with van der Waals surface area (Å²) in [6, 6.07) is -0.369. The second-order valence-corrected chi connectivity index (χ2v) is 8.73. The van der Waals surface area contributed by atoms with Crippen LogP contribution in [0.4, 0.5) is 4.79 Å². The third-order valence-corrected chi connectivity index (χ3v) is 5.36. The number of Topliss-reactive ketones (excluding diaryl/α,β-unsaturated/α-hetero) is 1. The highest BCUT2D eigenvalue weighted by atomic mass is 16.6. The zero-order valence-corrected chi connectivity index (χ0v) is 16.8. The van der Waals surface area contributed by atoms with Crippen molar-refractivity contribution in [2.24, 2.45) is 23.5 Å². The molecule has 146 valence electrons. The Morgan fingerprint density at radius 2 is 1.88 bits per heavy atom. The fourth-order valence-electron chi connectivity index (χ4n) is 3.55. The number of hydrogen-bond donors (Lipinski definition) is 2. The fraction of sp³-hybridized carbons (Fsp3) is 0.900. The molecule has 1 saturated carbocycles. The van der Waals surface area contributed by atoms with E-state index in [2.05, 4.69) is 19.2 Å². The van der Waals surface area contributed by atoms with Crippen molar-refractivity contribution in [3.63, 3.8) is 0 Å². The minimum Gasteiger partial charge on any atom is -0.444 e. The molecule has 0 bridgehead atoms. The number of ketones is 1. The average molecular weight is 355 g/mol. The molecule has 0 aromatic rings. The van der Waals surface area contributed by atoms with Gasteiger partial charge in [0.1, 0.15) is 11.4 Å². The Morgan fingerprint density at radius 1 is 1.20 bits per heavy atom. The van der Waals surface area contributed by atoms with Gasteiger partial charge >= 0.3 is 6.09 Å². The predicted octanol–water partition coefficient (Wildman–Crippen LogP) is 4.04. The predicted molar refractivity (Wildman–Crippen MR) is 101 cm³/mol. The number of amides is 1. The highest BCUT2D eigenvalue weighted by molar-refractivity contribution is 5.83. The van der Waals surface area contributed by atoms with E-state index in [-0.39, 0.29) is 11.8 Å². The second-order valence-electron chi connectivity index (χ2n) is 8.73. The van der Waals surface area contributed by atoms with E-state index in [1.54, 1.807) is 0 Å². The fourth-order valence-corrected chi connectivity index (χ4v) is 3.55. The van der Waals surface area contributed by atoms with Crippen molar-refractivity contribution in [2.45, 2.75) is 91.2 Å². The van der Waals surface area contributed by atoms with E-state index in [4.69, 9.17) is 10.5 Å². The van der Waals surface area contributed by atoms with Gasteiger partial charge in [-0.2, -0.15) is 0 Å². The SMILES string of the molecule is CC1CCCC(CC(=O)C(N)CCCCNC(=O)OC(C)(C)C)C1C. The summed E-state index contributed by atoms with van der Waals surface area (Å²) in [7, 11) is 0. The lowest BCUT2D eigenvalue weighted by Crippen LogP contribution is -2.35. The summed E-state index contributed by atoms with van der Waals surface area (Å²) in [5.74, 6) is 2.02. The first-order chi connectivity index (χ1) is 11.6. The normalized spacial score (nSPS) is 25.3. The molecule has 1 fully saturated rings. The van der Waals surface area contributed by atoms with Crippen LogP contribution in [0.5, 0.6) is 0 Å². The van der Waals surface area contributed by atoms with Crippen molar-refractivity contribution in [1.82, 2.24) is 5.32 Å². The van der Waals surface area contributed by atoms with Gasteiger partial charge in [0.2, 0.25) is 0 Å². The molecular weight excluding hydrogens is 316 g/mol. The first kappa shape index (κ1) is 21.9. The number of alkyl carbamates (subject to hydrolysis) is 1. The number of nitrogens with one attached hydrogen (secondary N) is 1. The van der Waals surface area contributed by atoms with Crippen LogP contribution in [0.3, 0.4) is 0 Å². The van der Waals surface area contributed by atoms with Crippen molar-refractivity contribution < 1.29 is 14.3 Å². The summed E-state index contributed by atoms with van der Waals surface area (Å²) < 4.78 is 5.18. The van der Waals surface area contributed by atoms with Crippen LogP contribution >= 0.6 is 0 Å². The van der Waals surface area contributed by atoms with Crippen LogP contribution in [0, 0.1) is 17.8 Å². The molecule has 0 spiro atoms. The van der Waals surface area contributed by atoms with E-state index in [0.717, 1.165) is 19.3 Å². The maximum Gasteiger partial charge on any atom is 0.407 e. The summed E-state index contributed by atoms with van der Waals surface area (Å²) in [6.45, 7) is 10.6. The van der Waals surface area contributed by atoms with Gasteiger partial charge in [0.25, 0.3) is 0 Å². The van der Waals surface area contributed by atoms with E-state index in [0.29, 0.717) is 37.1 Å². The van der Waals surface area contributed by atoms with Crippen molar-refractivity contribution in [3.05, 3.63) is 0 Å². The molecule has 0 saturated heterocycles. The Hall–Kier alpha value is -1.10. The Balaban J connectivity index is 2.18. The van der Waals surface area contributed by atoms with Crippen molar-refractivity contribution in [1.29, 1.82) is 0 Å². The van der Waals surface area contributed by atoms with Crippen LogP contribution in [0.25, 0.3) is 0 Å². The molecule has 5 heteroatoms. The molecule has 4 unspecified atom stereocenters. The number of carbonyl (C=O) groups excluding carboxylic acids is 2. The number of hydrogen-bond acceptors (Lipinski definition) is 4. The molecule has 1 aliphatic rings. The highest BCUT2D eigenvalue weighted by Gasteiger charge is 2.29. The lowest BCUT2D eigenvalue weighted by Gasteiger charge is -2.34. The molecule has 5 nitrogen and oxygen atoms in total. The van der Waals surface area contributed by atoms with Gasteiger partial charge in [0.15, 0.2) is 0 Å². The molecule has 0 aromatic heterocycles. The third-order valence-electron chi connectivity index (χ3n) is 5.36. The van der Waals surface area contributed by atoms with E-state index >= 15 is 0 Å². The summed E-state index contributed by atoms with van der Waals surface area (Å²) in [5, 5.41) is 2.73. The smallest absolute Gasteiger partial charge is 0.407 e. The molecular formula is C20H38N2O3. The minimum absolute atomic E-state index is 0.200. The van der Waals surface area contributed by atoms with Gasteiger partial charge in [0, 0.05) is 13.0 Å². The van der Waals surface area contributed by atoms with Crippen LogP contribution in [-0.4, -0.2) is 30.1 Å². The molecule has 0 heterocycles. The summed E-state index contributed by atoms with van der Waals surface area (Å²) in [6.07, 6.45) is 6.22. The Kier molecular flexibility index (Phi) is 8.91.